The van der Waals surface area contributed by atoms with Gasteiger partial charge in [-0.15, -0.1) is 11.3 Å². The maximum absolute atomic E-state index is 12.2. The first kappa shape index (κ1) is 22.2. The Morgan fingerprint density at radius 2 is 1.97 bits per heavy atom. The zero-order valence-corrected chi connectivity index (χ0v) is 18.4. The summed E-state index contributed by atoms with van der Waals surface area (Å²) in [7, 11) is 1.61. The number of thiazole rings is 1. The van der Waals surface area contributed by atoms with Gasteiger partial charge in [0.1, 0.15) is 5.75 Å². The second-order valence-corrected chi connectivity index (χ2v) is 7.78. The highest BCUT2D eigenvalue weighted by Gasteiger charge is 2.07. The lowest BCUT2D eigenvalue weighted by Gasteiger charge is -2.04. The summed E-state index contributed by atoms with van der Waals surface area (Å²) in [5, 5.41) is 8.08. The molecule has 2 aromatic carbocycles. The molecule has 3 aromatic rings. The Morgan fingerprint density at radius 1 is 1.16 bits per heavy atom. The number of nitrogens with zero attached hydrogens (tertiary/aromatic N) is 1. The highest BCUT2D eigenvalue weighted by molar-refractivity contribution is 7.14. The van der Waals surface area contributed by atoms with E-state index in [1.807, 2.05) is 41.8 Å². The first-order valence-electron chi connectivity index (χ1n) is 9.96. The number of anilines is 1. The molecule has 7 heteroatoms. The van der Waals surface area contributed by atoms with Crippen LogP contribution in [-0.4, -0.2) is 30.5 Å². The van der Waals surface area contributed by atoms with Gasteiger partial charge in [-0.05, 0) is 42.2 Å². The molecule has 0 saturated carbocycles. The van der Waals surface area contributed by atoms with Crippen LogP contribution in [0.1, 0.15) is 24.5 Å². The Balaban J connectivity index is 1.54. The van der Waals surface area contributed by atoms with E-state index in [2.05, 4.69) is 27.8 Å². The van der Waals surface area contributed by atoms with Gasteiger partial charge in [-0.1, -0.05) is 36.4 Å². The Hall–Kier alpha value is -3.45. The van der Waals surface area contributed by atoms with Crippen LogP contribution < -0.4 is 15.4 Å². The predicted octanol–water partition coefficient (Wildman–Crippen LogP) is 4.54. The van der Waals surface area contributed by atoms with Crippen LogP contribution in [0.4, 0.5) is 5.13 Å². The standard InChI is InChI=1S/C24H25N3O3S/c1-17(28)25-14-4-6-18-8-11-20(12-9-18)22-16-31-24(26-22)27-23(29)13-10-19-5-3-7-21(15-19)30-2/h3,5,7-13,15-16H,4,6,14H2,1-2H3,(H,25,28)(H,26,27,29)/b13-10+. The highest BCUT2D eigenvalue weighted by atomic mass is 32.1. The van der Waals surface area contributed by atoms with Gasteiger partial charge < -0.3 is 10.1 Å². The lowest BCUT2D eigenvalue weighted by molar-refractivity contribution is -0.119. The van der Waals surface area contributed by atoms with Crippen molar-refractivity contribution in [2.24, 2.45) is 0 Å². The number of carbonyl (C=O) groups is 2. The Labute approximate surface area is 186 Å². The average molecular weight is 436 g/mol. The molecule has 0 aliphatic heterocycles. The second kappa shape index (κ2) is 11.1. The van der Waals surface area contributed by atoms with Crippen molar-refractivity contribution in [3.05, 3.63) is 71.1 Å². The van der Waals surface area contributed by atoms with Gasteiger partial charge in [0.25, 0.3) is 0 Å². The number of ether oxygens (including phenoxy) is 1. The summed E-state index contributed by atoms with van der Waals surface area (Å²) in [6.45, 7) is 2.20. The van der Waals surface area contributed by atoms with Gasteiger partial charge in [-0.25, -0.2) is 4.98 Å². The van der Waals surface area contributed by atoms with Crippen LogP contribution in [0.3, 0.4) is 0 Å². The summed E-state index contributed by atoms with van der Waals surface area (Å²) in [5.41, 5.74) is 3.91. The van der Waals surface area contributed by atoms with Crippen molar-refractivity contribution in [3.63, 3.8) is 0 Å². The van der Waals surface area contributed by atoms with Crippen LogP contribution in [0.25, 0.3) is 17.3 Å². The van der Waals surface area contributed by atoms with E-state index < -0.39 is 0 Å². The molecule has 0 aliphatic rings. The van der Waals surface area contributed by atoms with Crippen LogP contribution in [0.5, 0.6) is 5.75 Å². The zero-order chi connectivity index (χ0) is 22.1. The monoisotopic (exact) mass is 435 g/mol. The molecule has 0 saturated heterocycles. The number of aromatic nitrogens is 1. The third-order valence-corrected chi connectivity index (χ3v) is 5.28. The number of hydrogen-bond donors (Lipinski definition) is 2. The number of aryl methyl sites for hydroxylation is 1. The van der Waals surface area contributed by atoms with E-state index in [-0.39, 0.29) is 11.8 Å². The van der Waals surface area contributed by atoms with Crippen LogP contribution in [0.15, 0.2) is 60.0 Å². The summed E-state index contributed by atoms with van der Waals surface area (Å²) >= 11 is 1.39. The largest absolute Gasteiger partial charge is 0.497 e. The number of benzene rings is 2. The molecular weight excluding hydrogens is 410 g/mol. The van der Waals surface area contributed by atoms with Crippen molar-refractivity contribution in [1.82, 2.24) is 10.3 Å². The van der Waals surface area contributed by atoms with Crippen molar-refractivity contribution in [2.75, 3.05) is 19.0 Å². The molecule has 0 radical (unpaired) electrons. The molecule has 31 heavy (non-hydrogen) atoms. The Bertz CT molecular complexity index is 1060. The molecule has 6 nitrogen and oxygen atoms in total. The molecule has 0 unspecified atom stereocenters. The molecule has 1 aromatic heterocycles. The van der Waals surface area contributed by atoms with Crippen molar-refractivity contribution >= 4 is 34.4 Å². The lowest BCUT2D eigenvalue weighted by atomic mass is 10.1. The minimum atomic E-state index is -0.238. The molecule has 160 valence electrons. The van der Waals surface area contributed by atoms with Gasteiger partial charge in [-0.3, -0.25) is 14.9 Å². The fourth-order valence-corrected chi connectivity index (χ4v) is 3.65. The molecule has 0 atom stereocenters. The van der Waals surface area contributed by atoms with E-state index in [1.54, 1.807) is 13.2 Å². The number of hydrogen-bond acceptors (Lipinski definition) is 5. The zero-order valence-electron chi connectivity index (χ0n) is 17.6. The quantitative estimate of drug-likeness (QED) is 0.382. The SMILES string of the molecule is COc1cccc(/C=C/C(=O)Nc2nc(-c3ccc(CCCNC(C)=O)cc3)cs2)c1. The molecule has 0 aliphatic carbocycles. The molecule has 2 amide bonds. The van der Waals surface area contributed by atoms with Crippen LogP contribution >= 0.6 is 11.3 Å². The Kier molecular flexibility index (Phi) is 7.95. The fraction of sp³-hybridized carbons (Fsp3) is 0.208. The molecule has 0 bridgehead atoms. The van der Waals surface area contributed by atoms with E-state index in [1.165, 1.54) is 29.9 Å². The Morgan fingerprint density at radius 3 is 2.71 bits per heavy atom. The van der Waals surface area contributed by atoms with E-state index in [0.29, 0.717) is 11.7 Å². The molecule has 0 spiro atoms. The molecule has 1 heterocycles. The van der Waals surface area contributed by atoms with Crippen molar-refractivity contribution in [1.29, 1.82) is 0 Å². The number of rotatable bonds is 9. The van der Waals surface area contributed by atoms with E-state index in [4.69, 9.17) is 4.74 Å². The summed E-state index contributed by atoms with van der Waals surface area (Å²) in [6.07, 6.45) is 5.01. The molecule has 3 rings (SSSR count). The van der Waals surface area contributed by atoms with Gasteiger partial charge in [0.15, 0.2) is 5.13 Å². The molecule has 0 fully saturated rings. The third-order valence-electron chi connectivity index (χ3n) is 4.52. The maximum atomic E-state index is 12.2. The minimum Gasteiger partial charge on any atom is -0.497 e. The van der Waals surface area contributed by atoms with Crippen molar-refractivity contribution in [2.45, 2.75) is 19.8 Å². The number of nitrogens with one attached hydrogen (secondary N) is 2. The van der Waals surface area contributed by atoms with Gasteiger partial charge in [0, 0.05) is 30.5 Å². The summed E-state index contributed by atoms with van der Waals surface area (Å²) in [4.78, 5) is 27.6. The number of methoxy groups -OCH3 is 1. The summed E-state index contributed by atoms with van der Waals surface area (Å²) < 4.78 is 5.18. The second-order valence-electron chi connectivity index (χ2n) is 6.92. The first-order valence-corrected chi connectivity index (χ1v) is 10.8. The van der Waals surface area contributed by atoms with E-state index in [0.717, 1.165) is 35.4 Å². The van der Waals surface area contributed by atoms with Crippen molar-refractivity contribution < 1.29 is 14.3 Å². The number of amides is 2. The van der Waals surface area contributed by atoms with Crippen LogP contribution in [0, 0.1) is 0 Å². The molecular formula is C24H25N3O3S. The predicted molar refractivity (Wildman–Crippen MR) is 125 cm³/mol. The third kappa shape index (κ3) is 7.08. The highest BCUT2D eigenvalue weighted by Crippen LogP contribution is 2.25. The van der Waals surface area contributed by atoms with E-state index in [9.17, 15) is 9.59 Å². The normalized spacial score (nSPS) is 10.8. The van der Waals surface area contributed by atoms with Gasteiger partial charge in [0.05, 0.1) is 12.8 Å². The molecule has 2 N–H and O–H groups in total. The maximum Gasteiger partial charge on any atom is 0.250 e. The minimum absolute atomic E-state index is 0.00226. The van der Waals surface area contributed by atoms with Gasteiger partial charge in [-0.2, -0.15) is 0 Å². The van der Waals surface area contributed by atoms with Crippen LogP contribution in [0.2, 0.25) is 0 Å². The van der Waals surface area contributed by atoms with E-state index >= 15 is 0 Å². The fourth-order valence-electron chi connectivity index (χ4n) is 2.93. The number of carbonyl (C=O) groups excluding carboxylic acids is 2. The topological polar surface area (TPSA) is 80.3 Å². The lowest BCUT2D eigenvalue weighted by Crippen LogP contribution is -2.21. The summed E-state index contributed by atoms with van der Waals surface area (Å²) in [6, 6.07) is 15.7. The van der Waals surface area contributed by atoms with Crippen molar-refractivity contribution in [3.8, 4) is 17.0 Å². The van der Waals surface area contributed by atoms with Gasteiger partial charge in [0.2, 0.25) is 11.8 Å². The first-order chi connectivity index (χ1) is 15.0. The summed E-state index contributed by atoms with van der Waals surface area (Å²) in [5.74, 6) is 0.502. The van der Waals surface area contributed by atoms with Gasteiger partial charge >= 0.3 is 0 Å². The smallest absolute Gasteiger partial charge is 0.250 e. The van der Waals surface area contributed by atoms with Crippen LogP contribution in [-0.2, 0) is 16.0 Å². The average Bonchev–Trinajstić information content (AvgIpc) is 3.24.